The van der Waals surface area contributed by atoms with E-state index >= 15 is 0 Å². The molecule has 0 spiro atoms. The average molecular weight is 212 g/mol. The molecule has 3 nitrogen and oxygen atoms in total. The second kappa shape index (κ2) is 6.83. The Morgan fingerprint density at radius 3 is 2.53 bits per heavy atom. The lowest BCUT2D eigenvalue weighted by atomic mass is 9.85. The highest BCUT2D eigenvalue weighted by Crippen LogP contribution is 2.28. The molecule has 88 valence electrons. The van der Waals surface area contributed by atoms with Crippen LogP contribution in [0, 0.1) is 5.92 Å². The molecule has 0 aromatic heterocycles. The third-order valence-electron chi connectivity index (χ3n) is 3.06. The Balaban J connectivity index is 2.58. The zero-order valence-corrected chi connectivity index (χ0v) is 10.0. The Bertz CT molecular complexity index is 198. The van der Waals surface area contributed by atoms with Gasteiger partial charge in [0.1, 0.15) is 11.9 Å². The van der Waals surface area contributed by atoms with E-state index in [1.165, 1.54) is 32.1 Å². The molecule has 1 aliphatic rings. The van der Waals surface area contributed by atoms with E-state index in [2.05, 4.69) is 4.99 Å². The van der Waals surface area contributed by atoms with Gasteiger partial charge in [-0.25, -0.2) is 0 Å². The van der Waals surface area contributed by atoms with E-state index in [9.17, 15) is 0 Å². The van der Waals surface area contributed by atoms with Gasteiger partial charge in [0.25, 0.3) is 0 Å². The van der Waals surface area contributed by atoms with E-state index < -0.39 is 0 Å². The van der Waals surface area contributed by atoms with Crippen LogP contribution in [-0.2, 0) is 4.74 Å². The first-order valence-corrected chi connectivity index (χ1v) is 6.21. The summed E-state index contributed by atoms with van der Waals surface area (Å²) in [6.45, 7) is 5.51. The summed E-state index contributed by atoms with van der Waals surface area (Å²) in [6.07, 6.45) is 6.53. The minimum Gasteiger partial charge on any atom is -0.385 e. The van der Waals surface area contributed by atoms with Crippen LogP contribution in [0.3, 0.4) is 0 Å². The molecule has 3 heteroatoms. The Morgan fingerprint density at radius 1 is 1.33 bits per heavy atom. The zero-order chi connectivity index (χ0) is 11.1. The molecule has 0 aromatic carbocycles. The molecule has 0 amide bonds. The topological polar surface area (TPSA) is 47.6 Å². The van der Waals surface area contributed by atoms with Gasteiger partial charge in [0.05, 0.1) is 0 Å². The molecule has 1 aliphatic carbocycles. The average Bonchev–Trinajstić information content (AvgIpc) is 2.27. The maximum absolute atomic E-state index is 5.97. The third-order valence-corrected chi connectivity index (χ3v) is 3.06. The van der Waals surface area contributed by atoms with Crippen molar-refractivity contribution in [3.8, 4) is 0 Å². The molecule has 1 rings (SSSR count). The number of hydrogen-bond donors (Lipinski definition) is 1. The summed E-state index contributed by atoms with van der Waals surface area (Å²) in [7, 11) is 0. The molecule has 1 atom stereocenters. The van der Waals surface area contributed by atoms with E-state index in [1.807, 2.05) is 13.8 Å². The predicted octanol–water partition coefficient (Wildman–Crippen LogP) is 2.35. The quantitative estimate of drug-likeness (QED) is 0.561. The molecule has 0 aromatic rings. The highest BCUT2D eigenvalue weighted by Gasteiger charge is 2.26. The summed E-state index contributed by atoms with van der Waals surface area (Å²) in [4.78, 5) is 4.29. The Kier molecular flexibility index (Phi) is 5.69. The van der Waals surface area contributed by atoms with E-state index in [4.69, 9.17) is 10.5 Å². The smallest absolute Gasteiger partial charge is 0.123 e. The molecule has 1 unspecified atom stereocenters. The molecule has 0 aliphatic heterocycles. The standard InChI is InChI=1S/C12H24N2O/c1-3-14-12(13)11(15-4-2)10-8-6-5-7-9-10/h10-11H,3-9H2,1-2H3,(H2,13,14). The first kappa shape index (κ1) is 12.5. The van der Waals surface area contributed by atoms with Gasteiger partial charge in [-0.2, -0.15) is 0 Å². The molecule has 2 N–H and O–H groups in total. The summed E-state index contributed by atoms with van der Waals surface area (Å²) in [5, 5.41) is 0. The Morgan fingerprint density at radius 2 is 2.00 bits per heavy atom. The summed E-state index contributed by atoms with van der Waals surface area (Å²) >= 11 is 0. The number of ether oxygens (including phenoxy) is 1. The molecule has 0 bridgehead atoms. The SMILES string of the molecule is CCN=C(N)C(OCC)C1CCCCC1. The monoisotopic (exact) mass is 212 g/mol. The van der Waals surface area contributed by atoms with Gasteiger partial charge in [-0.05, 0) is 32.6 Å². The van der Waals surface area contributed by atoms with E-state index in [0.29, 0.717) is 11.8 Å². The van der Waals surface area contributed by atoms with E-state index in [-0.39, 0.29) is 6.10 Å². The lowest BCUT2D eigenvalue weighted by Crippen LogP contribution is -2.39. The summed E-state index contributed by atoms with van der Waals surface area (Å²) in [5.41, 5.74) is 5.97. The van der Waals surface area contributed by atoms with E-state index in [1.54, 1.807) is 0 Å². The summed E-state index contributed by atoms with van der Waals surface area (Å²) in [6, 6.07) is 0. The number of rotatable bonds is 5. The lowest BCUT2D eigenvalue weighted by molar-refractivity contribution is 0.0520. The van der Waals surface area contributed by atoms with Crippen LogP contribution in [0.15, 0.2) is 4.99 Å². The number of hydrogen-bond acceptors (Lipinski definition) is 2. The highest BCUT2D eigenvalue weighted by atomic mass is 16.5. The van der Waals surface area contributed by atoms with Crippen molar-refractivity contribution in [3.63, 3.8) is 0 Å². The van der Waals surface area contributed by atoms with Gasteiger partial charge in [-0.1, -0.05) is 19.3 Å². The van der Waals surface area contributed by atoms with Crippen molar-refractivity contribution < 1.29 is 4.74 Å². The largest absolute Gasteiger partial charge is 0.385 e. The fourth-order valence-corrected chi connectivity index (χ4v) is 2.35. The van der Waals surface area contributed by atoms with Crippen molar-refractivity contribution in [2.45, 2.75) is 52.1 Å². The number of nitrogens with zero attached hydrogens (tertiary/aromatic N) is 1. The van der Waals surface area contributed by atoms with Crippen LogP contribution in [0.2, 0.25) is 0 Å². The lowest BCUT2D eigenvalue weighted by Gasteiger charge is -2.29. The van der Waals surface area contributed by atoms with Gasteiger partial charge < -0.3 is 10.5 Å². The van der Waals surface area contributed by atoms with Crippen LogP contribution in [0.5, 0.6) is 0 Å². The summed E-state index contributed by atoms with van der Waals surface area (Å²) < 4.78 is 5.74. The highest BCUT2D eigenvalue weighted by molar-refractivity contribution is 5.85. The third kappa shape index (κ3) is 3.82. The normalized spacial score (nSPS) is 21.6. The van der Waals surface area contributed by atoms with Gasteiger partial charge in [0, 0.05) is 13.2 Å². The first-order chi connectivity index (χ1) is 7.29. The maximum atomic E-state index is 5.97. The number of nitrogens with two attached hydrogens (primary N) is 1. The number of amidine groups is 1. The second-order valence-corrected chi connectivity index (χ2v) is 4.17. The van der Waals surface area contributed by atoms with Crippen LogP contribution < -0.4 is 5.73 Å². The Labute approximate surface area is 93.1 Å². The van der Waals surface area contributed by atoms with Crippen LogP contribution in [0.1, 0.15) is 46.0 Å². The second-order valence-electron chi connectivity index (χ2n) is 4.17. The van der Waals surface area contributed by atoms with Crippen molar-refractivity contribution in [2.24, 2.45) is 16.6 Å². The van der Waals surface area contributed by atoms with Gasteiger partial charge >= 0.3 is 0 Å². The molecule has 15 heavy (non-hydrogen) atoms. The van der Waals surface area contributed by atoms with Crippen molar-refractivity contribution in [3.05, 3.63) is 0 Å². The first-order valence-electron chi connectivity index (χ1n) is 6.21. The number of aliphatic imine (C=N–C) groups is 1. The summed E-state index contributed by atoms with van der Waals surface area (Å²) in [5.74, 6) is 1.29. The predicted molar refractivity (Wildman–Crippen MR) is 64.2 cm³/mol. The molecule has 1 fully saturated rings. The van der Waals surface area contributed by atoms with Gasteiger partial charge in [0.15, 0.2) is 0 Å². The van der Waals surface area contributed by atoms with Crippen LogP contribution in [0.25, 0.3) is 0 Å². The minimum absolute atomic E-state index is 0.0650. The maximum Gasteiger partial charge on any atom is 0.123 e. The molecule has 0 heterocycles. The van der Waals surface area contributed by atoms with E-state index in [0.717, 1.165) is 13.2 Å². The molecular weight excluding hydrogens is 188 g/mol. The van der Waals surface area contributed by atoms with Gasteiger partial charge in [0.2, 0.25) is 0 Å². The van der Waals surface area contributed by atoms with Crippen LogP contribution in [-0.4, -0.2) is 25.1 Å². The van der Waals surface area contributed by atoms with Crippen LogP contribution >= 0.6 is 0 Å². The fraction of sp³-hybridized carbons (Fsp3) is 0.917. The van der Waals surface area contributed by atoms with Gasteiger partial charge in [-0.3, -0.25) is 4.99 Å². The zero-order valence-electron chi connectivity index (χ0n) is 10.0. The van der Waals surface area contributed by atoms with Crippen LogP contribution in [0.4, 0.5) is 0 Å². The Hall–Kier alpha value is -0.570. The molecule has 0 radical (unpaired) electrons. The van der Waals surface area contributed by atoms with Crippen molar-refractivity contribution in [2.75, 3.05) is 13.2 Å². The molecular formula is C12H24N2O. The van der Waals surface area contributed by atoms with Crippen molar-refractivity contribution in [1.29, 1.82) is 0 Å². The fourth-order valence-electron chi connectivity index (χ4n) is 2.35. The molecule has 1 saturated carbocycles. The molecule has 0 saturated heterocycles. The van der Waals surface area contributed by atoms with Crippen molar-refractivity contribution in [1.82, 2.24) is 0 Å². The van der Waals surface area contributed by atoms with Gasteiger partial charge in [-0.15, -0.1) is 0 Å². The van der Waals surface area contributed by atoms with Crippen molar-refractivity contribution >= 4 is 5.84 Å². The minimum atomic E-state index is 0.0650.